The summed E-state index contributed by atoms with van der Waals surface area (Å²) < 4.78 is 0. The molecule has 88 valence electrons. The van der Waals surface area contributed by atoms with Gasteiger partial charge in [-0.3, -0.25) is 0 Å². The lowest BCUT2D eigenvalue weighted by molar-refractivity contribution is 0.529. The van der Waals surface area contributed by atoms with Crippen molar-refractivity contribution < 1.29 is 0 Å². The van der Waals surface area contributed by atoms with Crippen molar-refractivity contribution in [3.8, 4) is 0 Å². The zero-order chi connectivity index (χ0) is 11.4. The molecule has 0 aliphatic heterocycles. The molecular formula is C15H21Cl. The molecule has 1 saturated carbocycles. The van der Waals surface area contributed by atoms with Crippen LogP contribution in [0.15, 0.2) is 24.3 Å². The molecule has 0 nitrogen and oxygen atoms in total. The van der Waals surface area contributed by atoms with E-state index in [-0.39, 0.29) is 5.38 Å². The van der Waals surface area contributed by atoms with Gasteiger partial charge in [-0.05, 0) is 36.3 Å². The first-order valence-corrected chi connectivity index (χ1v) is 6.98. The Bertz CT molecular complexity index is 309. The molecule has 2 rings (SSSR count). The summed E-state index contributed by atoms with van der Waals surface area (Å²) in [5.74, 6) is 0.707. The minimum absolute atomic E-state index is 0.234. The normalized spacial score (nSPS) is 18.9. The summed E-state index contributed by atoms with van der Waals surface area (Å²) in [5, 5.41) is 0.234. The number of hydrogen-bond donors (Lipinski definition) is 0. The molecule has 0 bridgehead atoms. The zero-order valence-corrected chi connectivity index (χ0v) is 10.8. The van der Waals surface area contributed by atoms with Gasteiger partial charge in [0, 0.05) is 0 Å². The van der Waals surface area contributed by atoms with Crippen molar-refractivity contribution in [1.29, 1.82) is 0 Å². The summed E-state index contributed by atoms with van der Waals surface area (Å²) in [6, 6.07) is 8.92. The van der Waals surface area contributed by atoms with E-state index in [1.165, 1.54) is 49.7 Å². The lowest BCUT2D eigenvalue weighted by Gasteiger charge is -2.17. The van der Waals surface area contributed by atoms with Crippen LogP contribution in [0.25, 0.3) is 0 Å². The van der Waals surface area contributed by atoms with Crippen LogP contribution < -0.4 is 0 Å². The number of aryl methyl sites for hydroxylation is 1. The number of hydrogen-bond acceptors (Lipinski definition) is 0. The number of alkyl halides is 1. The van der Waals surface area contributed by atoms with Gasteiger partial charge in [-0.1, -0.05) is 50.5 Å². The van der Waals surface area contributed by atoms with E-state index < -0.39 is 0 Å². The van der Waals surface area contributed by atoms with Crippen LogP contribution in [0, 0.1) is 5.92 Å². The van der Waals surface area contributed by atoms with Crippen LogP contribution >= 0.6 is 11.6 Å². The van der Waals surface area contributed by atoms with Crippen molar-refractivity contribution in [2.75, 3.05) is 0 Å². The van der Waals surface area contributed by atoms with Gasteiger partial charge in [0.2, 0.25) is 0 Å². The maximum Gasteiger partial charge on any atom is 0.0613 e. The van der Waals surface area contributed by atoms with E-state index in [0.717, 1.165) is 0 Å². The van der Waals surface area contributed by atoms with E-state index in [1.54, 1.807) is 0 Å². The smallest absolute Gasteiger partial charge is 0.0613 e. The summed E-state index contributed by atoms with van der Waals surface area (Å²) in [6.07, 6.45) is 7.74. The highest BCUT2D eigenvalue weighted by Crippen LogP contribution is 2.39. The summed E-state index contributed by atoms with van der Waals surface area (Å²) in [5.41, 5.74) is 2.75. The second-order valence-electron chi connectivity index (χ2n) is 4.94. The third-order valence-electron chi connectivity index (χ3n) is 3.65. The SMILES string of the molecule is CCCc1ccc(C(Cl)C2CCCC2)cc1. The molecule has 0 N–H and O–H groups in total. The van der Waals surface area contributed by atoms with Crippen LogP contribution in [0.4, 0.5) is 0 Å². The van der Waals surface area contributed by atoms with Crippen LogP contribution in [-0.2, 0) is 6.42 Å². The van der Waals surface area contributed by atoms with Gasteiger partial charge in [0.1, 0.15) is 0 Å². The Labute approximate surface area is 104 Å². The maximum absolute atomic E-state index is 6.54. The molecule has 0 radical (unpaired) electrons. The molecule has 0 spiro atoms. The van der Waals surface area contributed by atoms with Crippen LogP contribution in [0.1, 0.15) is 55.5 Å². The first kappa shape index (κ1) is 12.0. The second kappa shape index (κ2) is 5.72. The quantitative estimate of drug-likeness (QED) is 0.638. The fourth-order valence-corrected chi connectivity index (χ4v) is 3.08. The maximum atomic E-state index is 6.54. The molecule has 1 aliphatic rings. The van der Waals surface area contributed by atoms with E-state index in [4.69, 9.17) is 11.6 Å². The van der Waals surface area contributed by atoms with Gasteiger partial charge in [-0.25, -0.2) is 0 Å². The molecule has 16 heavy (non-hydrogen) atoms. The van der Waals surface area contributed by atoms with Gasteiger partial charge < -0.3 is 0 Å². The highest BCUT2D eigenvalue weighted by molar-refractivity contribution is 6.21. The summed E-state index contributed by atoms with van der Waals surface area (Å²) in [7, 11) is 0. The van der Waals surface area contributed by atoms with E-state index in [2.05, 4.69) is 31.2 Å². The Hall–Kier alpha value is -0.490. The second-order valence-corrected chi connectivity index (χ2v) is 5.41. The number of halogens is 1. The largest absolute Gasteiger partial charge is 0.118 e. The molecule has 0 saturated heterocycles. The predicted octanol–water partition coefficient (Wildman–Crippen LogP) is 5.11. The van der Waals surface area contributed by atoms with Gasteiger partial charge in [0.15, 0.2) is 0 Å². The molecule has 1 aromatic carbocycles. The summed E-state index contributed by atoms with van der Waals surface area (Å²) in [6.45, 7) is 2.22. The number of benzene rings is 1. The lowest BCUT2D eigenvalue weighted by Crippen LogP contribution is -2.03. The molecule has 1 atom stereocenters. The van der Waals surface area contributed by atoms with Crippen LogP contribution in [0.3, 0.4) is 0 Å². The van der Waals surface area contributed by atoms with Gasteiger partial charge >= 0.3 is 0 Å². The molecule has 0 heterocycles. The minimum atomic E-state index is 0.234. The van der Waals surface area contributed by atoms with Crippen molar-refractivity contribution in [1.82, 2.24) is 0 Å². The molecule has 1 unspecified atom stereocenters. The van der Waals surface area contributed by atoms with Crippen molar-refractivity contribution in [3.05, 3.63) is 35.4 Å². The van der Waals surface area contributed by atoms with E-state index in [0.29, 0.717) is 5.92 Å². The first-order chi connectivity index (χ1) is 7.81. The summed E-state index contributed by atoms with van der Waals surface area (Å²) >= 11 is 6.54. The van der Waals surface area contributed by atoms with E-state index in [9.17, 15) is 0 Å². The van der Waals surface area contributed by atoms with Gasteiger partial charge in [-0.15, -0.1) is 11.6 Å². The Kier molecular flexibility index (Phi) is 4.29. The number of rotatable bonds is 4. The Balaban J connectivity index is 2.02. The monoisotopic (exact) mass is 236 g/mol. The molecule has 0 aromatic heterocycles. The predicted molar refractivity (Wildman–Crippen MR) is 71.0 cm³/mol. The van der Waals surface area contributed by atoms with Gasteiger partial charge in [0.25, 0.3) is 0 Å². The molecular weight excluding hydrogens is 216 g/mol. The van der Waals surface area contributed by atoms with E-state index >= 15 is 0 Å². The Morgan fingerprint density at radius 2 is 1.81 bits per heavy atom. The molecule has 1 fully saturated rings. The van der Waals surface area contributed by atoms with Crippen LogP contribution in [-0.4, -0.2) is 0 Å². The Morgan fingerprint density at radius 1 is 1.19 bits per heavy atom. The van der Waals surface area contributed by atoms with Gasteiger partial charge in [0.05, 0.1) is 5.38 Å². The van der Waals surface area contributed by atoms with E-state index in [1.807, 2.05) is 0 Å². The highest BCUT2D eigenvalue weighted by atomic mass is 35.5. The molecule has 1 heteroatoms. The van der Waals surface area contributed by atoms with Crippen molar-refractivity contribution in [2.45, 2.75) is 50.8 Å². The first-order valence-electron chi connectivity index (χ1n) is 6.54. The minimum Gasteiger partial charge on any atom is -0.118 e. The third-order valence-corrected chi connectivity index (χ3v) is 4.26. The van der Waals surface area contributed by atoms with Crippen LogP contribution in [0.5, 0.6) is 0 Å². The van der Waals surface area contributed by atoms with Gasteiger partial charge in [-0.2, -0.15) is 0 Å². The molecule has 1 aliphatic carbocycles. The average molecular weight is 237 g/mol. The highest BCUT2D eigenvalue weighted by Gasteiger charge is 2.24. The Morgan fingerprint density at radius 3 is 2.38 bits per heavy atom. The lowest BCUT2D eigenvalue weighted by atomic mass is 9.96. The third kappa shape index (κ3) is 2.79. The topological polar surface area (TPSA) is 0 Å². The van der Waals surface area contributed by atoms with Crippen LogP contribution in [0.2, 0.25) is 0 Å². The molecule has 1 aromatic rings. The fourth-order valence-electron chi connectivity index (χ4n) is 2.68. The van der Waals surface area contributed by atoms with Crippen molar-refractivity contribution in [3.63, 3.8) is 0 Å². The standard InChI is InChI=1S/C15H21Cl/c1-2-5-12-8-10-14(11-9-12)15(16)13-6-3-4-7-13/h8-11,13,15H,2-7H2,1H3. The fraction of sp³-hybridized carbons (Fsp3) is 0.600. The summed E-state index contributed by atoms with van der Waals surface area (Å²) in [4.78, 5) is 0. The zero-order valence-electron chi connectivity index (χ0n) is 10.1. The van der Waals surface area contributed by atoms with Crippen molar-refractivity contribution in [2.24, 2.45) is 5.92 Å². The molecule has 0 amide bonds. The average Bonchev–Trinajstić information content (AvgIpc) is 2.83. The van der Waals surface area contributed by atoms with Crippen molar-refractivity contribution >= 4 is 11.6 Å².